The molecule has 0 aromatic heterocycles. The third kappa shape index (κ3) is 7.27. The van der Waals surface area contributed by atoms with E-state index in [-0.39, 0.29) is 0 Å². The highest BCUT2D eigenvalue weighted by Crippen LogP contribution is 2.36. The Labute approximate surface area is 187 Å². The summed E-state index contributed by atoms with van der Waals surface area (Å²) < 4.78 is 51.0. The van der Waals surface area contributed by atoms with E-state index in [1.807, 2.05) is 0 Å². The van der Waals surface area contributed by atoms with Gasteiger partial charge in [0, 0.05) is 0 Å². The van der Waals surface area contributed by atoms with Crippen molar-refractivity contribution in [3.05, 3.63) is 57.6 Å². The number of hydrogen-bond donors (Lipinski definition) is 1. The maximum Gasteiger partial charge on any atom is 0.417 e. The van der Waals surface area contributed by atoms with Crippen molar-refractivity contribution < 1.29 is 27.4 Å². The molecular formula is C22H24BrF3N2O3. The Balaban J connectivity index is 2.08. The predicted molar refractivity (Wildman–Crippen MR) is 117 cm³/mol. The molecule has 168 valence electrons. The van der Waals surface area contributed by atoms with E-state index in [9.17, 15) is 18.0 Å². The number of carbonyl (C=O) groups is 1. The normalized spacial score (nSPS) is 11.5. The second-order valence-corrected chi connectivity index (χ2v) is 7.54. The number of rotatable bonds is 10. The molecule has 1 N–H and O–H groups in total. The van der Waals surface area contributed by atoms with Crippen LogP contribution < -0.4 is 14.9 Å². The molecule has 0 saturated carbocycles. The van der Waals surface area contributed by atoms with Gasteiger partial charge in [0.2, 0.25) is 0 Å². The zero-order chi connectivity index (χ0) is 22.9. The number of ether oxygens (including phenoxy) is 2. The summed E-state index contributed by atoms with van der Waals surface area (Å²) in [7, 11) is 1.50. The minimum atomic E-state index is -4.64. The standard InChI is InChI=1S/C22H24BrF3N2O3/c1-3-4-5-8-11-31-20-18(23)12-15(13-19(20)30-2)14-27-28-21(29)16-9-6-7-10-17(16)22(24,25)26/h6-7,9-10,12-14H,3-5,8,11H2,1-2H3,(H,28,29)/b27-14+. The number of benzene rings is 2. The van der Waals surface area contributed by atoms with Crippen LogP contribution in [0.3, 0.4) is 0 Å². The summed E-state index contributed by atoms with van der Waals surface area (Å²) in [6, 6.07) is 7.90. The molecule has 0 radical (unpaired) electrons. The highest BCUT2D eigenvalue weighted by molar-refractivity contribution is 9.10. The number of hydrazone groups is 1. The highest BCUT2D eigenvalue weighted by atomic mass is 79.9. The van der Waals surface area contributed by atoms with Gasteiger partial charge in [-0.3, -0.25) is 4.79 Å². The number of alkyl halides is 3. The van der Waals surface area contributed by atoms with E-state index in [2.05, 4.69) is 33.4 Å². The van der Waals surface area contributed by atoms with Gasteiger partial charge in [-0.15, -0.1) is 0 Å². The summed E-state index contributed by atoms with van der Waals surface area (Å²) in [5.41, 5.74) is 1.17. The van der Waals surface area contributed by atoms with Crippen LogP contribution in [0, 0.1) is 0 Å². The summed E-state index contributed by atoms with van der Waals surface area (Å²) in [6.07, 6.45) is 0.973. The molecule has 0 atom stereocenters. The molecule has 0 aliphatic carbocycles. The number of unbranched alkanes of at least 4 members (excludes halogenated alkanes) is 3. The van der Waals surface area contributed by atoms with Gasteiger partial charge >= 0.3 is 6.18 Å². The maximum absolute atomic E-state index is 13.1. The van der Waals surface area contributed by atoms with Gasteiger partial charge in [-0.05, 0) is 52.2 Å². The van der Waals surface area contributed by atoms with Crippen LogP contribution in [-0.2, 0) is 6.18 Å². The fourth-order valence-corrected chi connectivity index (χ4v) is 3.39. The Morgan fingerprint density at radius 3 is 2.61 bits per heavy atom. The second-order valence-electron chi connectivity index (χ2n) is 6.69. The van der Waals surface area contributed by atoms with Crippen molar-refractivity contribution in [3.8, 4) is 11.5 Å². The molecular weight excluding hydrogens is 477 g/mol. The van der Waals surface area contributed by atoms with Gasteiger partial charge in [0.1, 0.15) is 0 Å². The number of nitrogens with one attached hydrogen (secondary N) is 1. The van der Waals surface area contributed by atoms with Gasteiger partial charge < -0.3 is 9.47 Å². The van der Waals surface area contributed by atoms with E-state index in [0.29, 0.717) is 28.1 Å². The van der Waals surface area contributed by atoms with E-state index >= 15 is 0 Å². The topological polar surface area (TPSA) is 59.9 Å². The molecule has 5 nitrogen and oxygen atoms in total. The predicted octanol–water partition coefficient (Wildman–Crippen LogP) is 6.20. The summed E-state index contributed by atoms with van der Waals surface area (Å²) >= 11 is 3.43. The summed E-state index contributed by atoms with van der Waals surface area (Å²) in [5, 5.41) is 3.77. The van der Waals surface area contributed by atoms with Gasteiger partial charge in [-0.2, -0.15) is 18.3 Å². The molecule has 0 unspecified atom stereocenters. The van der Waals surface area contributed by atoms with Gasteiger partial charge in [-0.25, -0.2) is 5.43 Å². The summed E-state index contributed by atoms with van der Waals surface area (Å²) in [4.78, 5) is 12.2. The van der Waals surface area contributed by atoms with Crippen molar-refractivity contribution in [1.82, 2.24) is 5.43 Å². The first kappa shape index (κ1) is 24.7. The van der Waals surface area contributed by atoms with E-state index in [1.165, 1.54) is 25.5 Å². The van der Waals surface area contributed by atoms with Crippen LogP contribution in [0.5, 0.6) is 11.5 Å². The molecule has 31 heavy (non-hydrogen) atoms. The average molecular weight is 501 g/mol. The third-order valence-corrected chi connectivity index (χ3v) is 4.94. The van der Waals surface area contributed by atoms with Crippen LogP contribution in [0.25, 0.3) is 0 Å². The Bertz CT molecular complexity index is 917. The van der Waals surface area contributed by atoms with Crippen LogP contribution in [-0.4, -0.2) is 25.8 Å². The first-order valence-corrected chi connectivity index (χ1v) is 10.6. The number of halogens is 4. The molecule has 1 amide bonds. The van der Waals surface area contributed by atoms with E-state index < -0.39 is 23.2 Å². The fraction of sp³-hybridized carbons (Fsp3) is 0.364. The lowest BCUT2D eigenvalue weighted by atomic mass is 10.1. The summed E-state index contributed by atoms with van der Waals surface area (Å²) in [6.45, 7) is 2.69. The minimum absolute atomic E-state index is 0.472. The molecule has 0 aliphatic heterocycles. The quantitative estimate of drug-likeness (QED) is 0.240. The van der Waals surface area contributed by atoms with Crippen molar-refractivity contribution >= 4 is 28.1 Å². The van der Waals surface area contributed by atoms with Crippen molar-refractivity contribution in [3.63, 3.8) is 0 Å². The number of methoxy groups -OCH3 is 1. The average Bonchev–Trinajstić information content (AvgIpc) is 2.73. The Kier molecular flexibility index (Phi) is 9.36. The molecule has 0 aliphatic rings. The van der Waals surface area contributed by atoms with E-state index in [0.717, 1.165) is 37.8 Å². The largest absolute Gasteiger partial charge is 0.493 e. The van der Waals surface area contributed by atoms with E-state index in [4.69, 9.17) is 9.47 Å². The zero-order valence-corrected chi connectivity index (χ0v) is 18.8. The number of carbonyl (C=O) groups excluding carboxylic acids is 1. The fourth-order valence-electron chi connectivity index (χ4n) is 2.81. The third-order valence-electron chi connectivity index (χ3n) is 4.35. The van der Waals surface area contributed by atoms with Gasteiger partial charge in [0.15, 0.2) is 11.5 Å². The molecule has 0 spiro atoms. The molecule has 2 rings (SSSR count). The second kappa shape index (κ2) is 11.7. The van der Waals surface area contributed by atoms with Crippen LogP contribution in [0.1, 0.15) is 54.1 Å². The summed E-state index contributed by atoms with van der Waals surface area (Å²) in [5.74, 6) is 0.0709. The monoisotopic (exact) mass is 500 g/mol. The highest BCUT2D eigenvalue weighted by Gasteiger charge is 2.34. The van der Waals surface area contributed by atoms with Crippen molar-refractivity contribution in [2.45, 2.75) is 38.8 Å². The number of hydrogen-bond acceptors (Lipinski definition) is 4. The first-order chi connectivity index (χ1) is 14.8. The van der Waals surface area contributed by atoms with Crippen LogP contribution >= 0.6 is 15.9 Å². The lowest BCUT2D eigenvalue weighted by Crippen LogP contribution is -2.22. The van der Waals surface area contributed by atoms with Crippen LogP contribution in [0.2, 0.25) is 0 Å². The van der Waals surface area contributed by atoms with Gasteiger partial charge in [-0.1, -0.05) is 38.3 Å². The number of nitrogens with zero attached hydrogens (tertiary/aromatic N) is 1. The first-order valence-electron chi connectivity index (χ1n) is 9.77. The van der Waals surface area contributed by atoms with Gasteiger partial charge in [0.25, 0.3) is 5.91 Å². The minimum Gasteiger partial charge on any atom is -0.493 e. The maximum atomic E-state index is 13.1. The van der Waals surface area contributed by atoms with Crippen molar-refractivity contribution in [1.29, 1.82) is 0 Å². The Morgan fingerprint density at radius 2 is 1.94 bits per heavy atom. The van der Waals surface area contributed by atoms with Crippen molar-refractivity contribution in [2.24, 2.45) is 5.10 Å². The molecule has 9 heteroatoms. The molecule has 0 fully saturated rings. The van der Waals surface area contributed by atoms with Crippen molar-refractivity contribution in [2.75, 3.05) is 13.7 Å². The number of amides is 1. The molecule has 0 heterocycles. The zero-order valence-electron chi connectivity index (χ0n) is 17.3. The van der Waals surface area contributed by atoms with Crippen LogP contribution in [0.15, 0.2) is 46.0 Å². The molecule has 0 saturated heterocycles. The SMILES string of the molecule is CCCCCCOc1c(Br)cc(/C=N/NC(=O)c2ccccc2C(F)(F)F)cc1OC. The lowest BCUT2D eigenvalue weighted by Gasteiger charge is -2.13. The van der Waals surface area contributed by atoms with Crippen LogP contribution in [0.4, 0.5) is 13.2 Å². The Hall–Kier alpha value is -2.55. The molecule has 2 aromatic carbocycles. The lowest BCUT2D eigenvalue weighted by molar-refractivity contribution is -0.137. The Morgan fingerprint density at radius 1 is 1.19 bits per heavy atom. The molecule has 0 bridgehead atoms. The van der Waals surface area contributed by atoms with Gasteiger partial charge in [0.05, 0.1) is 35.5 Å². The van der Waals surface area contributed by atoms with E-state index in [1.54, 1.807) is 12.1 Å². The smallest absolute Gasteiger partial charge is 0.417 e. The molecule has 2 aromatic rings.